The van der Waals surface area contributed by atoms with Crippen molar-refractivity contribution in [3.63, 3.8) is 0 Å². The number of nitrogens with zero attached hydrogens (tertiary/aromatic N) is 6. The van der Waals surface area contributed by atoms with Gasteiger partial charge in [-0.15, -0.1) is 0 Å². The number of hydrogen-bond acceptors (Lipinski definition) is 6. The first-order valence-corrected chi connectivity index (χ1v) is 13.0. The number of likely N-dealkylation sites (tertiary alicyclic amines) is 2. The molecular formula is C26H33N7O2. The van der Waals surface area contributed by atoms with E-state index in [4.69, 9.17) is 0 Å². The Kier molecular flexibility index (Phi) is 6.01. The van der Waals surface area contributed by atoms with Crippen molar-refractivity contribution in [1.29, 1.82) is 0 Å². The van der Waals surface area contributed by atoms with Crippen LogP contribution in [0.2, 0.25) is 0 Å². The fourth-order valence-electron chi connectivity index (χ4n) is 6.10. The number of carbonyl (C=O) groups excluding carboxylic acids is 1. The van der Waals surface area contributed by atoms with Gasteiger partial charge in [0.25, 0.3) is 5.91 Å². The molecule has 0 bridgehead atoms. The number of hydrogen-bond donors (Lipinski definition) is 1. The maximum Gasteiger partial charge on any atom is 0.326 e. The Bertz CT molecular complexity index is 1250. The minimum atomic E-state index is -0.00614. The minimum absolute atomic E-state index is 0.00517. The molecule has 3 saturated heterocycles. The van der Waals surface area contributed by atoms with Crippen molar-refractivity contribution in [1.82, 2.24) is 29.3 Å². The molecular weight excluding hydrogens is 442 g/mol. The van der Waals surface area contributed by atoms with Crippen LogP contribution in [0, 0.1) is 0 Å². The van der Waals surface area contributed by atoms with Gasteiger partial charge in [0.05, 0.1) is 23.4 Å². The molecule has 184 valence electrons. The lowest BCUT2D eigenvalue weighted by Gasteiger charge is -2.41. The number of aromatic amines is 1. The van der Waals surface area contributed by atoms with Gasteiger partial charge in [0.1, 0.15) is 11.5 Å². The summed E-state index contributed by atoms with van der Waals surface area (Å²) in [5.41, 5.74) is 2.36. The quantitative estimate of drug-likeness (QED) is 0.624. The van der Waals surface area contributed by atoms with Crippen LogP contribution in [0.5, 0.6) is 0 Å². The molecule has 6 rings (SSSR count). The van der Waals surface area contributed by atoms with Crippen molar-refractivity contribution in [2.45, 2.75) is 50.6 Å². The highest BCUT2D eigenvalue weighted by Gasteiger charge is 2.31. The molecule has 1 amide bonds. The highest BCUT2D eigenvalue weighted by Crippen LogP contribution is 2.28. The average Bonchev–Trinajstić information content (AvgIpc) is 3.56. The molecule has 9 nitrogen and oxygen atoms in total. The Labute approximate surface area is 204 Å². The molecule has 0 aliphatic carbocycles. The Morgan fingerprint density at radius 2 is 1.60 bits per heavy atom. The summed E-state index contributed by atoms with van der Waals surface area (Å²) in [5, 5.41) is 0. The maximum atomic E-state index is 13.1. The number of para-hydroxylation sites is 2. The van der Waals surface area contributed by atoms with Crippen molar-refractivity contribution in [2.75, 3.05) is 44.2 Å². The summed E-state index contributed by atoms with van der Waals surface area (Å²) >= 11 is 0. The second kappa shape index (κ2) is 9.45. The Morgan fingerprint density at radius 3 is 2.37 bits per heavy atom. The molecule has 1 aromatic carbocycles. The van der Waals surface area contributed by atoms with Gasteiger partial charge >= 0.3 is 5.69 Å². The predicted octanol–water partition coefficient (Wildman–Crippen LogP) is 2.66. The maximum absolute atomic E-state index is 13.1. The number of amides is 1. The fraction of sp³-hybridized carbons (Fsp3) is 0.538. The first kappa shape index (κ1) is 22.3. The van der Waals surface area contributed by atoms with Crippen LogP contribution >= 0.6 is 0 Å². The number of fused-ring (bicyclic) bond motifs is 1. The van der Waals surface area contributed by atoms with Crippen LogP contribution < -0.4 is 10.6 Å². The molecule has 3 aliphatic heterocycles. The van der Waals surface area contributed by atoms with Gasteiger partial charge in [-0.1, -0.05) is 12.1 Å². The van der Waals surface area contributed by atoms with E-state index in [2.05, 4.69) is 24.8 Å². The molecule has 1 N–H and O–H groups in total. The number of benzene rings is 1. The van der Waals surface area contributed by atoms with Crippen LogP contribution in [0.4, 0.5) is 5.82 Å². The minimum Gasteiger partial charge on any atom is -0.355 e. The van der Waals surface area contributed by atoms with E-state index in [0.717, 1.165) is 81.8 Å². The number of rotatable bonds is 4. The fourth-order valence-corrected chi connectivity index (χ4v) is 6.10. The van der Waals surface area contributed by atoms with E-state index >= 15 is 0 Å². The molecule has 3 aliphatic rings. The van der Waals surface area contributed by atoms with E-state index < -0.39 is 0 Å². The third-order valence-electron chi connectivity index (χ3n) is 8.03. The zero-order valence-corrected chi connectivity index (χ0v) is 20.1. The second-order valence-corrected chi connectivity index (χ2v) is 10.1. The number of anilines is 1. The normalized spacial score (nSPS) is 20.7. The summed E-state index contributed by atoms with van der Waals surface area (Å²) < 4.78 is 1.95. The lowest BCUT2D eigenvalue weighted by molar-refractivity contribution is 0.0553. The molecule has 2 aromatic heterocycles. The zero-order valence-electron chi connectivity index (χ0n) is 20.1. The zero-order chi connectivity index (χ0) is 23.8. The van der Waals surface area contributed by atoms with Crippen LogP contribution in [0.1, 0.15) is 55.1 Å². The average molecular weight is 476 g/mol. The topological polar surface area (TPSA) is 90.4 Å². The number of carbonyl (C=O) groups is 1. The van der Waals surface area contributed by atoms with Gasteiger partial charge < -0.3 is 19.7 Å². The number of piperidine rings is 2. The van der Waals surface area contributed by atoms with E-state index in [1.807, 2.05) is 33.7 Å². The van der Waals surface area contributed by atoms with Crippen molar-refractivity contribution >= 4 is 22.8 Å². The molecule has 3 fully saturated rings. The summed E-state index contributed by atoms with van der Waals surface area (Å²) in [6.45, 7) is 5.45. The molecule has 0 radical (unpaired) electrons. The SMILES string of the molecule is O=C(c1cncc(N2CCCC2)n1)N1CCC(N2CCC(n3c(=O)[nH]c4ccccc43)CC2)CC1. The smallest absolute Gasteiger partial charge is 0.326 e. The number of nitrogens with one attached hydrogen (secondary N) is 1. The number of aromatic nitrogens is 4. The Hall–Kier alpha value is -3.20. The van der Waals surface area contributed by atoms with Crippen LogP contribution in [0.25, 0.3) is 11.0 Å². The summed E-state index contributed by atoms with van der Waals surface area (Å²) in [7, 11) is 0. The van der Waals surface area contributed by atoms with Gasteiger partial charge in [-0.05, 0) is 50.7 Å². The molecule has 9 heteroatoms. The second-order valence-electron chi connectivity index (χ2n) is 10.1. The van der Waals surface area contributed by atoms with E-state index in [0.29, 0.717) is 11.7 Å². The molecule has 0 saturated carbocycles. The first-order valence-electron chi connectivity index (χ1n) is 13.0. The molecule has 0 atom stereocenters. The highest BCUT2D eigenvalue weighted by atomic mass is 16.2. The standard InChI is InChI=1S/C26H33N7O2/c34-25(22-17-27-18-24(28-22)31-11-3-4-12-31)32-15-7-19(8-16-32)30-13-9-20(10-14-30)33-23-6-2-1-5-21(23)29-26(33)35/h1-2,5-6,17-20H,3-4,7-16H2,(H,29,35). The van der Waals surface area contributed by atoms with E-state index in [1.165, 1.54) is 12.8 Å². The summed E-state index contributed by atoms with van der Waals surface area (Å²) in [5.74, 6) is 0.815. The lowest BCUT2D eigenvalue weighted by atomic mass is 9.97. The third-order valence-corrected chi connectivity index (χ3v) is 8.03. The van der Waals surface area contributed by atoms with Crippen LogP contribution in [0.15, 0.2) is 41.5 Å². The van der Waals surface area contributed by atoms with E-state index in [1.54, 1.807) is 12.4 Å². The largest absolute Gasteiger partial charge is 0.355 e. The van der Waals surface area contributed by atoms with Crippen LogP contribution in [-0.2, 0) is 0 Å². The van der Waals surface area contributed by atoms with Gasteiger partial charge in [-0.2, -0.15) is 0 Å². The molecule has 0 unspecified atom stereocenters. The molecule has 0 spiro atoms. The van der Waals surface area contributed by atoms with Crippen LogP contribution in [0.3, 0.4) is 0 Å². The predicted molar refractivity (Wildman–Crippen MR) is 135 cm³/mol. The van der Waals surface area contributed by atoms with Gasteiger partial charge in [-0.3, -0.25) is 14.3 Å². The molecule has 3 aromatic rings. The third kappa shape index (κ3) is 4.33. The monoisotopic (exact) mass is 475 g/mol. The Balaban J connectivity index is 1.04. The molecule has 35 heavy (non-hydrogen) atoms. The summed E-state index contributed by atoms with van der Waals surface area (Å²) in [4.78, 5) is 44.3. The van der Waals surface area contributed by atoms with Crippen molar-refractivity contribution in [2.24, 2.45) is 0 Å². The van der Waals surface area contributed by atoms with Crippen molar-refractivity contribution in [3.8, 4) is 0 Å². The lowest BCUT2D eigenvalue weighted by Crippen LogP contribution is -2.49. The summed E-state index contributed by atoms with van der Waals surface area (Å²) in [6.07, 6.45) is 9.60. The highest BCUT2D eigenvalue weighted by molar-refractivity contribution is 5.92. The van der Waals surface area contributed by atoms with Crippen LogP contribution in [-0.4, -0.2) is 80.5 Å². The van der Waals surface area contributed by atoms with E-state index in [9.17, 15) is 9.59 Å². The molecule has 5 heterocycles. The van der Waals surface area contributed by atoms with Crippen molar-refractivity contribution in [3.05, 3.63) is 52.8 Å². The van der Waals surface area contributed by atoms with E-state index in [-0.39, 0.29) is 17.6 Å². The van der Waals surface area contributed by atoms with Gasteiger partial charge in [0, 0.05) is 51.4 Å². The first-order chi connectivity index (χ1) is 17.2. The summed E-state index contributed by atoms with van der Waals surface area (Å²) in [6, 6.07) is 8.66. The van der Waals surface area contributed by atoms with Gasteiger partial charge in [0.15, 0.2) is 0 Å². The number of H-pyrrole nitrogens is 1. The van der Waals surface area contributed by atoms with Crippen molar-refractivity contribution < 1.29 is 4.79 Å². The Morgan fingerprint density at radius 1 is 0.886 bits per heavy atom. The van der Waals surface area contributed by atoms with Gasteiger partial charge in [0.2, 0.25) is 0 Å². The number of imidazole rings is 1. The van der Waals surface area contributed by atoms with Gasteiger partial charge in [-0.25, -0.2) is 9.78 Å².